The van der Waals surface area contributed by atoms with E-state index in [-0.39, 0.29) is 11.9 Å². The Morgan fingerprint density at radius 1 is 1.29 bits per heavy atom. The third-order valence-electron chi connectivity index (χ3n) is 2.15. The fourth-order valence-electron chi connectivity index (χ4n) is 1.08. The van der Waals surface area contributed by atoms with Crippen molar-refractivity contribution in [3.05, 3.63) is 0 Å². The van der Waals surface area contributed by atoms with Crippen molar-refractivity contribution in [3.8, 4) is 6.07 Å². The minimum Gasteiger partial charge on any atom is -0.353 e. The Morgan fingerprint density at radius 3 is 2.29 bits per heavy atom. The standard InChI is InChI=1S/C11H20N2O/c1-8(2)5-6-10(4)13-11(14)9(3)7-12/h8-10H,5-6H2,1-4H3,(H,13,14). The SMILES string of the molecule is CC(C)CCC(C)NC(=O)C(C)C#N. The van der Waals surface area contributed by atoms with E-state index in [4.69, 9.17) is 5.26 Å². The van der Waals surface area contributed by atoms with E-state index in [1.165, 1.54) is 0 Å². The molecule has 0 aliphatic rings. The van der Waals surface area contributed by atoms with Crippen molar-refractivity contribution in [2.24, 2.45) is 11.8 Å². The van der Waals surface area contributed by atoms with E-state index in [0.717, 1.165) is 12.8 Å². The maximum Gasteiger partial charge on any atom is 0.237 e. The largest absolute Gasteiger partial charge is 0.353 e. The van der Waals surface area contributed by atoms with Gasteiger partial charge in [0.05, 0.1) is 6.07 Å². The van der Waals surface area contributed by atoms with Gasteiger partial charge in [0.25, 0.3) is 0 Å². The highest BCUT2D eigenvalue weighted by Gasteiger charge is 2.13. The van der Waals surface area contributed by atoms with Crippen LogP contribution < -0.4 is 5.32 Å². The molecule has 80 valence electrons. The second kappa shape index (κ2) is 6.42. The molecule has 0 saturated heterocycles. The number of carbonyl (C=O) groups excluding carboxylic acids is 1. The lowest BCUT2D eigenvalue weighted by atomic mass is 10.0. The van der Waals surface area contributed by atoms with Gasteiger partial charge in [0.2, 0.25) is 5.91 Å². The first kappa shape index (κ1) is 13.0. The van der Waals surface area contributed by atoms with Crippen LogP contribution in [0.3, 0.4) is 0 Å². The smallest absolute Gasteiger partial charge is 0.237 e. The van der Waals surface area contributed by atoms with Crippen molar-refractivity contribution < 1.29 is 4.79 Å². The lowest BCUT2D eigenvalue weighted by Crippen LogP contribution is -2.36. The Morgan fingerprint density at radius 2 is 1.86 bits per heavy atom. The van der Waals surface area contributed by atoms with Gasteiger partial charge in [-0.2, -0.15) is 5.26 Å². The van der Waals surface area contributed by atoms with Crippen LogP contribution in [0.1, 0.15) is 40.5 Å². The molecule has 0 radical (unpaired) electrons. The molecule has 0 aromatic heterocycles. The number of hydrogen-bond donors (Lipinski definition) is 1. The molecule has 0 spiro atoms. The van der Waals surface area contributed by atoms with E-state index in [1.807, 2.05) is 13.0 Å². The van der Waals surface area contributed by atoms with E-state index in [9.17, 15) is 4.79 Å². The summed E-state index contributed by atoms with van der Waals surface area (Å²) in [6.45, 7) is 7.91. The van der Waals surface area contributed by atoms with Crippen LogP contribution in [0.2, 0.25) is 0 Å². The van der Waals surface area contributed by atoms with E-state index in [0.29, 0.717) is 5.92 Å². The minimum absolute atomic E-state index is 0.163. The highest BCUT2D eigenvalue weighted by molar-refractivity contribution is 5.80. The molecule has 0 fully saturated rings. The van der Waals surface area contributed by atoms with Gasteiger partial charge in [-0.15, -0.1) is 0 Å². The van der Waals surface area contributed by atoms with Crippen LogP contribution in [-0.4, -0.2) is 11.9 Å². The number of nitrogens with zero attached hydrogens (tertiary/aromatic N) is 1. The summed E-state index contributed by atoms with van der Waals surface area (Å²) in [6.07, 6.45) is 2.07. The summed E-state index contributed by atoms with van der Waals surface area (Å²) in [5.41, 5.74) is 0. The third-order valence-corrected chi connectivity index (χ3v) is 2.15. The van der Waals surface area contributed by atoms with Gasteiger partial charge in [-0.05, 0) is 32.6 Å². The molecule has 0 saturated carbocycles. The lowest BCUT2D eigenvalue weighted by Gasteiger charge is -2.15. The third kappa shape index (κ3) is 5.58. The summed E-state index contributed by atoms with van der Waals surface area (Å²) in [5.74, 6) is -0.0528. The topological polar surface area (TPSA) is 52.9 Å². The molecule has 0 aliphatic heterocycles. The minimum atomic E-state index is -0.545. The van der Waals surface area contributed by atoms with E-state index in [1.54, 1.807) is 6.92 Å². The Hall–Kier alpha value is -1.04. The number of rotatable bonds is 5. The molecular formula is C11H20N2O. The summed E-state index contributed by atoms with van der Waals surface area (Å²) >= 11 is 0. The molecule has 0 aromatic carbocycles. The molecule has 0 rings (SSSR count). The van der Waals surface area contributed by atoms with Crippen molar-refractivity contribution in [2.75, 3.05) is 0 Å². The summed E-state index contributed by atoms with van der Waals surface area (Å²) in [7, 11) is 0. The van der Waals surface area contributed by atoms with Gasteiger partial charge in [-0.1, -0.05) is 13.8 Å². The predicted molar refractivity (Wildman–Crippen MR) is 56.5 cm³/mol. The zero-order valence-electron chi connectivity index (χ0n) is 9.50. The van der Waals surface area contributed by atoms with Gasteiger partial charge in [-0.3, -0.25) is 4.79 Å². The van der Waals surface area contributed by atoms with Gasteiger partial charge in [0.15, 0.2) is 0 Å². The predicted octanol–water partition coefficient (Wildman–Crippen LogP) is 2.09. The van der Waals surface area contributed by atoms with Crippen LogP contribution in [0.15, 0.2) is 0 Å². The molecule has 14 heavy (non-hydrogen) atoms. The van der Waals surface area contributed by atoms with Gasteiger partial charge < -0.3 is 5.32 Å². The monoisotopic (exact) mass is 196 g/mol. The Bertz CT molecular complexity index is 218. The first-order chi connectivity index (χ1) is 6.47. The maximum atomic E-state index is 11.3. The first-order valence-electron chi connectivity index (χ1n) is 5.17. The van der Waals surface area contributed by atoms with E-state index in [2.05, 4.69) is 19.2 Å². The molecule has 0 bridgehead atoms. The van der Waals surface area contributed by atoms with E-state index >= 15 is 0 Å². The molecule has 3 heteroatoms. The Balaban J connectivity index is 3.78. The molecular weight excluding hydrogens is 176 g/mol. The molecule has 0 heterocycles. The van der Waals surface area contributed by atoms with Crippen molar-refractivity contribution in [1.29, 1.82) is 5.26 Å². The fourth-order valence-corrected chi connectivity index (χ4v) is 1.08. The van der Waals surface area contributed by atoms with E-state index < -0.39 is 5.92 Å². The number of hydrogen-bond acceptors (Lipinski definition) is 2. The van der Waals surface area contributed by atoms with Crippen molar-refractivity contribution in [1.82, 2.24) is 5.32 Å². The zero-order chi connectivity index (χ0) is 11.1. The maximum absolute atomic E-state index is 11.3. The molecule has 1 N–H and O–H groups in total. The number of nitrogens with one attached hydrogen (secondary N) is 1. The normalized spacial score (nSPS) is 14.6. The lowest BCUT2D eigenvalue weighted by molar-refractivity contribution is -0.123. The highest BCUT2D eigenvalue weighted by atomic mass is 16.1. The number of amides is 1. The van der Waals surface area contributed by atoms with Crippen LogP contribution in [0, 0.1) is 23.2 Å². The van der Waals surface area contributed by atoms with Crippen LogP contribution in [0.4, 0.5) is 0 Å². The summed E-state index contributed by atoms with van der Waals surface area (Å²) in [5, 5.41) is 11.3. The zero-order valence-corrected chi connectivity index (χ0v) is 9.50. The van der Waals surface area contributed by atoms with Gasteiger partial charge in [0, 0.05) is 6.04 Å². The molecule has 3 nitrogen and oxygen atoms in total. The quantitative estimate of drug-likeness (QED) is 0.732. The summed E-state index contributed by atoms with van der Waals surface area (Å²) in [6, 6.07) is 2.09. The van der Waals surface area contributed by atoms with Crippen LogP contribution >= 0.6 is 0 Å². The average Bonchev–Trinajstić information content (AvgIpc) is 2.13. The summed E-state index contributed by atoms with van der Waals surface area (Å²) in [4.78, 5) is 11.3. The average molecular weight is 196 g/mol. The van der Waals surface area contributed by atoms with Crippen LogP contribution in [-0.2, 0) is 4.79 Å². The van der Waals surface area contributed by atoms with Crippen LogP contribution in [0.5, 0.6) is 0 Å². The van der Waals surface area contributed by atoms with Gasteiger partial charge >= 0.3 is 0 Å². The van der Waals surface area contributed by atoms with Crippen LogP contribution in [0.25, 0.3) is 0 Å². The second-order valence-corrected chi connectivity index (χ2v) is 4.23. The van der Waals surface area contributed by atoms with Gasteiger partial charge in [-0.25, -0.2) is 0 Å². The van der Waals surface area contributed by atoms with Gasteiger partial charge in [0.1, 0.15) is 5.92 Å². The highest BCUT2D eigenvalue weighted by Crippen LogP contribution is 2.06. The number of nitriles is 1. The molecule has 0 aliphatic carbocycles. The molecule has 1 amide bonds. The Kier molecular flexibility index (Phi) is 5.94. The fraction of sp³-hybridized carbons (Fsp3) is 0.818. The second-order valence-electron chi connectivity index (χ2n) is 4.23. The summed E-state index contributed by atoms with van der Waals surface area (Å²) < 4.78 is 0. The number of carbonyl (C=O) groups is 1. The van der Waals surface area contributed by atoms with Crippen molar-refractivity contribution >= 4 is 5.91 Å². The molecule has 2 atom stereocenters. The first-order valence-corrected chi connectivity index (χ1v) is 5.17. The van der Waals surface area contributed by atoms with Crippen molar-refractivity contribution in [3.63, 3.8) is 0 Å². The van der Waals surface area contributed by atoms with Crippen molar-refractivity contribution in [2.45, 2.75) is 46.6 Å². The Labute approximate surface area is 86.5 Å². The molecule has 0 aromatic rings. The molecule has 2 unspecified atom stereocenters.